The molecule has 0 bridgehead atoms. The molecule has 29 heavy (non-hydrogen) atoms. The van der Waals surface area contributed by atoms with Gasteiger partial charge >= 0.3 is 0 Å². The Balaban J connectivity index is 1.94. The van der Waals surface area contributed by atoms with Crippen LogP contribution in [0.1, 0.15) is 38.3 Å². The highest BCUT2D eigenvalue weighted by Gasteiger charge is 2.33. The second-order valence-corrected chi connectivity index (χ2v) is 7.96. The summed E-state index contributed by atoms with van der Waals surface area (Å²) in [5.74, 6) is 0.0479. The molecular formula is C25H30N2O2. The van der Waals surface area contributed by atoms with Gasteiger partial charge in [-0.15, -0.1) is 6.58 Å². The van der Waals surface area contributed by atoms with Gasteiger partial charge in [-0.1, -0.05) is 62.4 Å². The Morgan fingerprint density at radius 1 is 1.14 bits per heavy atom. The first kappa shape index (κ1) is 21.0. The van der Waals surface area contributed by atoms with Gasteiger partial charge in [0.1, 0.15) is 11.8 Å². The molecule has 0 aliphatic carbocycles. The van der Waals surface area contributed by atoms with Crippen molar-refractivity contribution in [2.45, 2.75) is 32.7 Å². The van der Waals surface area contributed by atoms with E-state index in [0.29, 0.717) is 6.54 Å². The van der Waals surface area contributed by atoms with E-state index >= 15 is 0 Å². The van der Waals surface area contributed by atoms with Gasteiger partial charge in [-0.05, 0) is 30.0 Å². The molecule has 1 heterocycles. The number of para-hydroxylation sites is 1. The Morgan fingerprint density at radius 2 is 1.79 bits per heavy atom. The van der Waals surface area contributed by atoms with E-state index < -0.39 is 6.04 Å². The lowest BCUT2D eigenvalue weighted by Crippen LogP contribution is -2.41. The zero-order valence-corrected chi connectivity index (χ0v) is 17.5. The average molecular weight is 391 g/mol. The molecule has 0 saturated carbocycles. The van der Waals surface area contributed by atoms with Gasteiger partial charge in [0.25, 0.3) is 0 Å². The van der Waals surface area contributed by atoms with Gasteiger partial charge in [0.05, 0.1) is 5.69 Å². The summed E-state index contributed by atoms with van der Waals surface area (Å²) >= 11 is 0. The lowest BCUT2D eigenvalue weighted by Gasteiger charge is -2.25. The molecule has 2 aromatic carbocycles. The number of amides is 1. The van der Waals surface area contributed by atoms with Crippen molar-refractivity contribution in [1.29, 1.82) is 0 Å². The number of ketones is 1. The minimum atomic E-state index is -0.491. The molecule has 1 N–H and O–H groups in total. The van der Waals surface area contributed by atoms with Crippen LogP contribution in [0.2, 0.25) is 0 Å². The summed E-state index contributed by atoms with van der Waals surface area (Å²) in [6, 6.07) is 15.5. The lowest BCUT2D eigenvalue weighted by molar-refractivity contribution is -0.126. The smallest absolute Gasteiger partial charge is 0.248 e. The molecule has 3 rings (SSSR count). The van der Waals surface area contributed by atoms with Crippen LogP contribution in [-0.4, -0.2) is 25.3 Å². The molecule has 152 valence electrons. The summed E-state index contributed by atoms with van der Waals surface area (Å²) < 4.78 is 0. The Labute approximate surface area is 173 Å². The molecule has 2 aromatic rings. The van der Waals surface area contributed by atoms with Crippen LogP contribution >= 0.6 is 0 Å². The number of allylic oxidation sites excluding steroid dienone is 1. The molecule has 2 atom stereocenters. The van der Waals surface area contributed by atoms with Crippen molar-refractivity contribution in [3.05, 3.63) is 66.7 Å². The second-order valence-electron chi connectivity index (χ2n) is 7.96. The number of carbonyl (C=O) groups is 2. The van der Waals surface area contributed by atoms with Crippen molar-refractivity contribution in [2.75, 3.05) is 18.5 Å². The first-order chi connectivity index (χ1) is 14.0. The van der Waals surface area contributed by atoms with E-state index in [2.05, 4.69) is 24.0 Å². The van der Waals surface area contributed by atoms with Gasteiger partial charge in [0.15, 0.2) is 0 Å². The molecule has 4 nitrogen and oxygen atoms in total. The lowest BCUT2D eigenvalue weighted by atomic mass is 9.90. The molecule has 1 amide bonds. The molecule has 0 spiro atoms. The van der Waals surface area contributed by atoms with Crippen molar-refractivity contribution in [2.24, 2.45) is 11.8 Å². The van der Waals surface area contributed by atoms with Crippen LogP contribution in [0.4, 0.5) is 5.69 Å². The molecule has 1 aliphatic rings. The third-order valence-corrected chi connectivity index (χ3v) is 5.66. The van der Waals surface area contributed by atoms with Crippen molar-refractivity contribution in [3.63, 3.8) is 0 Å². The average Bonchev–Trinajstić information content (AvgIpc) is 2.82. The van der Waals surface area contributed by atoms with E-state index in [9.17, 15) is 9.59 Å². The second kappa shape index (κ2) is 9.19. The molecular weight excluding hydrogens is 360 g/mol. The van der Waals surface area contributed by atoms with Crippen molar-refractivity contribution in [3.8, 4) is 11.1 Å². The van der Waals surface area contributed by atoms with Crippen LogP contribution in [0.25, 0.3) is 11.1 Å². The van der Waals surface area contributed by atoms with E-state index in [-0.39, 0.29) is 23.5 Å². The van der Waals surface area contributed by atoms with Crippen molar-refractivity contribution >= 4 is 17.4 Å². The van der Waals surface area contributed by atoms with Crippen molar-refractivity contribution in [1.82, 2.24) is 5.32 Å². The maximum atomic E-state index is 13.4. The fourth-order valence-electron chi connectivity index (χ4n) is 4.03. The van der Waals surface area contributed by atoms with Gasteiger partial charge in [0, 0.05) is 31.0 Å². The molecule has 4 heteroatoms. The van der Waals surface area contributed by atoms with Crippen LogP contribution in [0.3, 0.4) is 0 Å². The van der Waals surface area contributed by atoms with Crippen LogP contribution < -0.4 is 10.2 Å². The first-order valence-electron chi connectivity index (χ1n) is 10.3. The number of carbonyl (C=O) groups excluding carboxylic acids is 2. The zero-order valence-electron chi connectivity index (χ0n) is 17.5. The number of rotatable bonds is 8. The van der Waals surface area contributed by atoms with Crippen LogP contribution in [0, 0.1) is 11.8 Å². The standard InChI is InChI=1S/C25H30N2O2/c1-5-6-11-18(24(28)17(2)3)16-26-23-21-14-8-7-12-19(21)20-13-9-10-15-22(20)27(4)25(23)29/h5,7-10,12-15,17-18,23,26H,1,6,11,16H2,2-4H3/t18-,23+/m1/s1. The van der Waals surface area contributed by atoms with E-state index in [1.54, 1.807) is 4.90 Å². The van der Waals surface area contributed by atoms with Gasteiger partial charge in [-0.2, -0.15) is 0 Å². The highest BCUT2D eigenvalue weighted by molar-refractivity contribution is 6.04. The molecule has 0 radical (unpaired) electrons. The van der Waals surface area contributed by atoms with Gasteiger partial charge < -0.3 is 10.2 Å². The third kappa shape index (κ3) is 4.33. The number of likely N-dealkylation sites (N-methyl/N-ethyl adjacent to an activating group) is 1. The summed E-state index contributed by atoms with van der Waals surface area (Å²) in [4.78, 5) is 27.8. The van der Waals surface area contributed by atoms with Gasteiger partial charge in [0.2, 0.25) is 5.91 Å². The van der Waals surface area contributed by atoms with Crippen LogP contribution in [0.15, 0.2) is 61.2 Å². The molecule has 0 aromatic heterocycles. The zero-order chi connectivity index (χ0) is 21.0. The van der Waals surface area contributed by atoms with Gasteiger partial charge in [-0.25, -0.2) is 0 Å². The SMILES string of the molecule is C=CCC[C@H](CN[C@@H]1C(=O)N(C)c2ccccc2-c2ccccc21)C(=O)C(C)C. The predicted octanol–water partition coefficient (Wildman–Crippen LogP) is 4.77. The number of Topliss-reactive ketones (excluding diaryl/α,β-unsaturated/α-hetero) is 1. The third-order valence-electron chi connectivity index (χ3n) is 5.66. The van der Waals surface area contributed by atoms with Gasteiger partial charge in [-0.3, -0.25) is 9.59 Å². The predicted molar refractivity (Wildman–Crippen MR) is 119 cm³/mol. The van der Waals surface area contributed by atoms with E-state index in [4.69, 9.17) is 0 Å². The number of benzene rings is 2. The minimum Gasteiger partial charge on any atom is -0.313 e. The van der Waals surface area contributed by atoms with Crippen molar-refractivity contribution < 1.29 is 9.59 Å². The fraction of sp³-hybridized carbons (Fsp3) is 0.360. The Kier molecular flexibility index (Phi) is 6.65. The van der Waals surface area contributed by atoms with Crippen LogP contribution in [0.5, 0.6) is 0 Å². The number of nitrogens with zero attached hydrogens (tertiary/aromatic N) is 1. The number of hydrogen-bond donors (Lipinski definition) is 1. The Hall–Kier alpha value is -2.72. The first-order valence-corrected chi connectivity index (χ1v) is 10.3. The van der Waals surface area contributed by atoms with E-state index in [1.807, 2.05) is 63.4 Å². The largest absolute Gasteiger partial charge is 0.313 e. The summed E-state index contributed by atoms with van der Waals surface area (Å²) in [6.07, 6.45) is 3.37. The summed E-state index contributed by atoms with van der Waals surface area (Å²) in [6.45, 7) is 8.11. The summed E-state index contributed by atoms with van der Waals surface area (Å²) in [5, 5.41) is 3.43. The molecule has 0 saturated heterocycles. The topological polar surface area (TPSA) is 49.4 Å². The quantitative estimate of drug-likeness (QED) is 0.661. The minimum absolute atomic E-state index is 0.0122. The number of fused-ring (bicyclic) bond motifs is 3. The summed E-state index contributed by atoms with van der Waals surface area (Å²) in [5.41, 5.74) is 3.95. The monoisotopic (exact) mass is 390 g/mol. The number of nitrogens with one attached hydrogen (secondary N) is 1. The molecule has 0 unspecified atom stereocenters. The highest BCUT2D eigenvalue weighted by atomic mass is 16.2. The van der Waals surface area contributed by atoms with Crippen LogP contribution in [-0.2, 0) is 9.59 Å². The Bertz CT molecular complexity index is 903. The van der Waals surface area contributed by atoms with E-state index in [1.165, 1.54) is 0 Å². The molecule has 0 fully saturated rings. The normalized spacial score (nSPS) is 16.8. The Morgan fingerprint density at radius 3 is 2.48 bits per heavy atom. The fourth-order valence-corrected chi connectivity index (χ4v) is 4.03. The highest BCUT2D eigenvalue weighted by Crippen LogP contribution is 2.39. The number of hydrogen-bond acceptors (Lipinski definition) is 3. The number of anilines is 1. The summed E-state index contributed by atoms with van der Waals surface area (Å²) in [7, 11) is 1.82. The maximum absolute atomic E-state index is 13.4. The van der Waals surface area contributed by atoms with E-state index in [0.717, 1.165) is 35.2 Å². The molecule has 1 aliphatic heterocycles. The maximum Gasteiger partial charge on any atom is 0.248 e.